The second kappa shape index (κ2) is 7.13. The van der Waals surface area contributed by atoms with E-state index in [0.29, 0.717) is 12.3 Å². The molecular weight excluding hydrogens is 281 g/mol. The number of ether oxygens (including phenoxy) is 1. The zero-order chi connectivity index (χ0) is 16.2. The predicted molar refractivity (Wildman–Crippen MR) is 78.5 cm³/mol. The van der Waals surface area contributed by atoms with Crippen molar-refractivity contribution in [2.24, 2.45) is 5.73 Å². The number of hydrogen-bond acceptors (Lipinski definition) is 3. The topological polar surface area (TPSA) is 38.5 Å². The lowest BCUT2D eigenvalue weighted by Crippen LogP contribution is -2.33. The Labute approximate surface area is 123 Å². The lowest BCUT2D eigenvalue weighted by atomic mass is 9.99. The van der Waals surface area contributed by atoms with E-state index in [0.717, 1.165) is 0 Å². The Morgan fingerprint density at radius 1 is 1.29 bits per heavy atom. The highest BCUT2D eigenvalue weighted by Gasteiger charge is 2.34. The van der Waals surface area contributed by atoms with Crippen molar-refractivity contribution in [1.29, 1.82) is 0 Å². The fraction of sp³-hybridized carbons (Fsp3) is 0.600. The van der Waals surface area contributed by atoms with E-state index in [1.807, 2.05) is 6.92 Å². The molecule has 21 heavy (non-hydrogen) atoms. The number of anilines is 1. The molecule has 0 fully saturated rings. The van der Waals surface area contributed by atoms with Gasteiger partial charge in [-0.1, -0.05) is 6.07 Å². The summed E-state index contributed by atoms with van der Waals surface area (Å²) >= 11 is 0. The average molecular weight is 304 g/mol. The van der Waals surface area contributed by atoms with E-state index in [9.17, 15) is 13.2 Å². The van der Waals surface area contributed by atoms with Crippen LogP contribution in [0.2, 0.25) is 0 Å². The Morgan fingerprint density at radius 3 is 2.38 bits per heavy atom. The zero-order valence-electron chi connectivity index (χ0n) is 12.9. The summed E-state index contributed by atoms with van der Waals surface area (Å²) in [6.45, 7) is 4.03. The lowest BCUT2D eigenvalue weighted by Gasteiger charge is -2.28. The summed E-state index contributed by atoms with van der Waals surface area (Å²) in [5, 5.41) is 0. The van der Waals surface area contributed by atoms with Crippen LogP contribution in [0.3, 0.4) is 0 Å². The van der Waals surface area contributed by atoms with Gasteiger partial charge >= 0.3 is 6.18 Å². The molecule has 6 heteroatoms. The van der Waals surface area contributed by atoms with Gasteiger partial charge in [0.2, 0.25) is 0 Å². The molecule has 0 saturated carbocycles. The molecule has 0 saturated heterocycles. The lowest BCUT2D eigenvalue weighted by molar-refractivity contribution is -0.138. The van der Waals surface area contributed by atoms with Gasteiger partial charge in [0.1, 0.15) is 0 Å². The molecule has 1 aromatic carbocycles. The number of nitrogens with zero attached hydrogens (tertiary/aromatic N) is 1. The molecule has 0 radical (unpaired) electrons. The number of alkyl halides is 3. The molecule has 0 aromatic heterocycles. The number of rotatable bonds is 6. The van der Waals surface area contributed by atoms with Gasteiger partial charge < -0.3 is 15.4 Å². The highest BCUT2D eigenvalue weighted by Crippen LogP contribution is 2.35. The summed E-state index contributed by atoms with van der Waals surface area (Å²) in [5.74, 6) is 0. The molecule has 120 valence electrons. The van der Waals surface area contributed by atoms with E-state index >= 15 is 0 Å². The third-order valence-corrected chi connectivity index (χ3v) is 3.42. The van der Waals surface area contributed by atoms with Crippen LogP contribution in [0.1, 0.15) is 25.0 Å². The third-order valence-electron chi connectivity index (χ3n) is 3.42. The van der Waals surface area contributed by atoms with Crippen molar-refractivity contribution in [1.82, 2.24) is 0 Å². The molecule has 0 aliphatic carbocycles. The standard InChI is InChI=1S/C15H23F3N2O/c1-10(19)7-12-5-6-13(8-14(12)15(16,17)18)20(3)11(2)9-21-4/h5-6,8,10-11H,7,9,19H2,1-4H3. The molecule has 0 aliphatic rings. The number of methoxy groups -OCH3 is 1. The van der Waals surface area contributed by atoms with Gasteiger partial charge in [0.15, 0.2) is 0 Å². The maximum atomic E-state index is 13.2. The van der Waals surface area contributed by atoms with Crippen LogP contribution in [0, 0.1) is 0 Å². The van der Waals surface area contributed by atoms with Crippen molar-refractivity contribution < 1.29 is 17.9 Å². The second-order valence-corrected chi connectivity index (χ2v) is 5.44. The minimum Gasteiger partial charge on any atom is -0.383 e. The molecular formula is C15H23F3N2O. The van der Waals surface area contributed by atoms with Crippen molar-refractivity contribution >= 4 is 5.69 Å². The minimum atomic E-state index is -4.38. The van der Waals surface area contributed by atoms with Crippen LogP contribution in [0.4, 0.5) is 18.9 Å². The maximum Gasteiger partial charge on any atom is 0.416 e. The molecule has 3 nitrogen and oxygen atoms in total. The zero-order valence-corrected chi connectivity index (χ0v) is 12.9. The number of benzene rings is 1. The van der Waals surface area contributed by atoms with E-state index in [-0.39, 0.29) is 24.1 Å². The Morgan fingerprint density at radius 2 is 1.90 bits per heavy atom. The van der Waals surface area contributed by atoms with E-state index in [4.69, 9.17) is 10.5 Å². The SMILES string of the molecule is COCC(C)N(C)c1ccc(CC(C)N)c(C(F)(F)F)c1. The smallest absolute Gasteiger partial charge is 0.383 e. The van der Waals surface area contributed by atoms with Crippen LogP contribution in [-0.2, 0) is 17.3 Å². The van der Waals surface area contributed by atoms with Crippen molar-refractivity contribution in [3.8, 4) is 0 Å². The normalized spacial score (nSPS) is 14.9. The molecule has 1 rings (SSSR count). The first-order valence-corrected chi connectivity index (χ1v) is 6.84. The third kappa shape index (κ3) is 4.89. The molecule has 2 atom stereocenters. The number of nitrogens with two attached hydrogens (primary N) is 1. The number of hydrogen-bond donors (Lipinski definition) is 1. The summed E-state index contributed by atoms with van der Waals surface area (Å²) in [6.07, 6.45) is -4.18. The second-order valence-electron chi connectivity index (χ2n) is 5.44. The molecule has 0 heterocycles. The van der Waals surface area contributed by atoms with E-state index in [1.54, 1.807) is 32.0 Å². The van der Waals surface area contributed by atoms with Crippen molar-refractivity contribution in [3.05, 3.63) is 29.3 Å². The minimum absolute atomic E-state index is 0.0182. The monoisotopic (exact) mass is 304 g/mol. The fourth-order valence-corrected chi connectivity index (χ4v) is 2.18. The predicted octanol–water partition coefficient (Wildman–Crippen LogP) is 3.07. The summed E-state index contributed by atoms with van der Waals surface area (Å²) in [6, 6.07) is 4.05. The van der Waals surface area contributed by atoms with Gasteiger partial charge in [-0.15, -0.1) is 0 Å². The molecule has 0 bridgehead atoms. The molecule has 2 unspecified atom stereocenters. The molecule has 2 N–H and O–H groups in total. The highest BCUT2D eigenvalue weighted by atomic mass is 19.4. The molecule has 0 aliphatic heterocycles. The quantitative estimate of drug-likeness (QED) is 0.878. The first-order chi connectivity index (χ1) is 9.66. The van der Waals surface area contributed by atoms with Crippen molar-refractivity contribution in [2.45, 2.75) is 38.5 Å². The van der Waals surface area contributed by atoms with E-state index in [1.165, 1.54) is 12.1 Å². The average Bonchev–Trinajstić information content (AvgIpc) is 2.36. The Balaban J connectivity index is 3.15. The number of halogens is 3. The van der Waals surface area contributed by atoms with Gasteiger partial charge in [-0.25, -0.2) is 0 Å². The van der Waals surface area contributed by atoms with Gasteiger partial charge in [-0.2, -0.15) is 13.2 Å². The van der Waals surface area contributed by atoms with Crippen molar-refractivity contribution in [3.63, 3.8) is 0 Å². The van der Waals surface area contributed by atoms with Crippen LogP contribution in [0.25, 0.3) is 0 Å². The largest absolute Gasteiger partial charge is 0.416 e. The summed E-state index contributed by atoms with van der Waals surface area (Å²) in [4.78, 5) is 1.77. The van der Waals surface area contributed by atoms with Crippen LogP contribution in [0.5, 0.6) is 0 Å². The summed E-state index contributed by atoms with van der Waals surface area (Å²) in [5.41, 5.74) is 5.76. The van der Waals surface area contributed by atoms with Gasteiger partial charge in [0, 0.05) is 31.9 Å². The summed E-state index contributed by atoms with van der Waals surface area (Å²) < 4.78 is 44.7. The first kappa shape index (κ1) is 17.8. The van der Waals surface area contributed by atoms with Crippen LogP contribution < -0.4 is 10.6 Å². The van der Waals surface area contributed by atoms with E-state index in [2.05, 4.69) is 0 Å². The Kier molecular flexibility index (Phi) is 6.04. The van der Waals surface area contributed by atoms with Gasteiger partial charge in [-0.05, 0) is 38.0 Å². The van der Waals surface area contributed by atoms with Gasteiger partial charge in [0.05, 0.1) is 12.2 Å². The fourth-order valence-electron chi connectivity index (χ4n) is 2.18. The summed E-state index contributed by atoms with van der Waals surface area (Å²) in [7, 11) is 3.32. The van der Waals surface area contributed by atoms with Gasteiger partial charge in [0.25, 0.3) is 0 Å². The van der Waals surface area contributed by atoms with Crippen LogP contribution in [-0.4, -0.2) is 32.8 Å². The Hall–Kier alpha value is -1.27. The van der Waals surface area contributed by atoms with Crippen LogP contribution in [0.15, 0.2) is 18.2 Å². The molecule has 0 spiro atoms. The first-order valence-electron chi connectivity index (χ1n) is 6.84. The van der Waals surface area contributed by atoms with E-state index < -0.39 is 11.7 Å². The highest BCUT2D eigenvalue weighted by molar-refractivity contribution is 5.52. The Bertz CT molecular complexity index is 461. The maximum absolute atomic E-state index is 13.2. The van der Waals surface area contributed by atoms with Crippen LogP contribution >= 0.6 is 0 Å². The van der Waals surface area contributed by atoms with Gasteiger partial charge in [-0.3, -0.25) is 0 Å². The molecule has 1 aromatic rings. The van der Waals surface area contributed by atoms with Crippen molar-refractivity contribution in [2.75, 3.05) is 25.7 Å². The molecule has 0 amide bonds. The number of likely N-dealkylation sites (N-methyl/N-ethyl adjacent to an activating group) is 1.